The molecule has 2 fully saturated rings. The van der Waals surface area contributed by atoms with Crippen LogP contribution in [0.15, 0.2) is 41.4 Å². The summed E-state index contributed by atoms with van der Waals surface area (Å²) in [7, 11) is 0. The lowest BCUT2D eigenvalue weighted by Crippen LogP contribution is -2.48. The molecular formula is C25H28N4O2S. The quantitative estimate of drug-likeness (QED) is 0.702. The van der Waals surface area contributed by atoms with E-state index in [1.165, 1.54) is 10.5 Å². The third kappa shape index (κ3) is 4.40. The van der Waals surface area contributed by atoms with Crippen molar-refractivity contribution in [3.8, 4) is 0 Å². The monoisotopic (exact) mass is 448 g/mol. The molecule has 0 aromatic carbocycles. The summed E-state index contributed by atoms with van der Waals surface area (Å²) in [5, 5.41) is 8.43. The van der Waals surface area contributed by atoms with E-state index in [0.717, 1.165) is 63.0 Å². The molecule has 0 bridgehead atoms. The number of hydrogen-bond acceptors (Lipinski definition) is 5. The molecule has 166 valence electrons. The number of pyridine rings is 1. The molecule has 2 aromatic heterocycles. The van der Waals surface area contributed by atoms with E-state index in [4.69, 9.17) is 0 Å². The Labute approximate surface area is 192 Å². The van der Waals surface area contributed by atoms with E-state index in [2.05, 4.69) is 45.3 Å². The summed E-state index contributed by atoms with van der Waals surface area (Å²) in [6, 6.07) is 6.26. The van der Waals surface area contributed by atoms with E-state index in [-0.39, 0.29) is 17.2 Å². The van der Waals surface area contributed by atoms with Gasteiger partial charge in [-0.2, -0.15) is 0 Å². The van der Waals surface area contributed by atoms with Crippen molar-refractivity contribution in [3.05, 3.63) is 57.4 Å². The summed E-state index contributed by atoms with van der Waals surface area (Å²) >= 11 is 1.75. The molecular weight excluding hydrogens is 420 g/mol. The molecule has 3 aliphatic heterocycles. The van der Waals surface area contributed by atoms with Gasteiger partial charge in [0.05, 0.1) is 5.41 Å². The smallest absolute Gasteiger partial charge is 0.246 e. The van der Waals surface area contributed by atoms with Crippen LogP contribution in [0.3, 0.4) is 0 Å². The van der Waals surface area contributed by atoms with Gasteiger partial charge in [-0.05, 0) is 86.0 Å². The first kappa shape index (κ1) is 21.1. The molecule has 2 saturated heterocycles. The molecule has 5 heterocycles. The maximum atomic E-state index is 12.7. The maximum Gasteiger partial charge on any atom is 0.246 e. The van der Waals surface area contributed by atoms with Gasteiger partial charge in [0.2, 0.25) is 11.8 Å². The van der Waals surface area contributed by atoms with E-state index in [1.54, 1.807) is 23.6 Å². The van der Waals surface area contributed by atoms with Crippen LogP contribution in [-0.4, -0.2) is 47.9 Å². The van der Waals surface area contributed by atoms with Gasteiger partial charge >= 0.3 is 0 Å². The average Bonchev–Trinajstić information content (AvgIpc) is 3.32. The molecule has 2 aromatic rings. The second-order valence-electron chi connectivity index (χ2n) is 8.91. The molecule has 0 unspecified atom stereocenters. The molecule has 5 rings (SSSR count). The summed E-state index contributed by atoms with van der Waals surface area (Å²) in [4.78, 5) is 33.0. The van der Waals surface area contributed by atoms with E-state index in [1.807, 2.05) is 11.0 Å². The Morgan fingerprint density at radius 2 is 2.03 bits per heavy atom. The van der Waals surface area contributed by atoms with Crippen LogP contribution in [0.1, 0.15) is 41.7 Å². The summed E-state index contributed by atoms with van der Waals surface area (Å²) in [5.41, 5.74) is 3.03. The molecule has 0 atom stereocenters. The molecule has 1 spiro atoms. The van der Waals surface area contributed by atoms with E-state index in [0.29, 0.717) is 12.2 Å². The van der Waals surface area contributed by atoms with Gasteiger partial charge in [0.15, 0.2) is 0 Å². The highest BCUT2D eigenvalue weighted by Gasteiger charge is 2.43. The van der Waals surface area contributed by atoms with Crippen molar-refractivity contribution in [2.75, 3.05) is 31.5 Å². The van der Waals surface area contributed by atoms with Crippen molar-refractivity contribution in [2.24, 2.45) is 5.41 Å². The van der Waals surface area contributed by atoms with E-state index in [9.17, 15) is 9.59 Å². The normalized spacial score (nSPS) is 20.3. The first-order valence-corrected chi connectivity index (χ1v) is 12.2. The molecule has 0 saturated carbocycles. The topological polar surface area (TPSA) is 74.3 Å². The molecule has 2 amide bonds. The molecule has 0 radical (unpaired) electrons. The molecule has 2 N–H and O–H groups in total. The molecule has 6 nitrogen and oxygen atoms in total. The zero-order valence-electron chi connectivity index (χ0n) is 18.1. The minimum absolute atomic E-state index is 0.0426. The Morgan fingerprint density at radius 3 is 2.78 bits per heavy atom. The van der Waals surface area contributed by atoms with Gasteiger partial charge < -0.3 is 15.5 Å². The number of carbonyl (C=O) groups excluding carboxylic acids is 2. The molecule has 32 heavy (non-hydrogen) atoms. The Balaban J connectivity index is 1.22. The van der Waals surface area contributed by atoms with Crippen LogP contribution in [-0.2, 0) is 16.0 Å². The van der Waals surface area contributed by atoms with Gasteiger partial charge in [-0.15, -0.1) is 11.3 Å². The van der Waals surface area contributed by atoms with Crippen LogP contribution in [0.25, 0.3) is 12.2 Å². The van der Waals surface area contributed by atoms with Crippen molar-refractivity contribution in [1.82, 2.24) is 15.2 Å². The number of nitrogens with one attached hydrogen (secondary N) is 2. The zero-order valence-corrected chi connectivity index (χ0v) is 18.9. The lowest BCUT2D eigenvalue weighted by molar-refractivity contribution is -0.127. The Kier molecular flexibility index (Phi) is 5.93. The SMILES string of the molecule is O=C(/C=C/c1cnc2c(c1)CC1(CCNCC1)C(=O)N2)N1CCC(=Cc2cccs2)CC1. The standard InChI is InChI=1S/C25H28N4O2S/c30-22(29-11-5-18(6-12-29)15-21-2-1-13-32-21)4-3-19-14-20-16-25(7-9-26-10-8-25)24(31)28-23(20)27-17-19/h1-4,13-15,17,26H,5-12,16H2,(H,27,28,31)/b4-3+. The number of likely N-dealkylation sites (tertiary alicyclic amines) is 1. The van der Waals surface area contributed by atoms with Crippen LogP contribution in [0.4, 0.5) is 5.82 Å². The lowest BCUT2D eigenvalue weighted by atomic mass is 9.71. The van der Waals surface area contributed by atoms with Crippen molar-refractivity contribution >= 4 is 41.1 Å². The van der Waals surface area contributed by atoms with Crippen LogP contribution in [0.2, 0.25) is 0 Å². The third-order valence-electron chi connectivity index (χ3n) is 6.82. The minimum Gasteiger partial charge on any atom is -0.339 e. The molecule has 3 aliphatic rings. The van der Waals surface area contributed by atoms with Crippen LogP contribution >= 0.6 is 11.3 Å². The number of fused-ring (bicyclic) bond motifs is 1. The Hall–Kier alpha value is -2.77. The number of anilines is 1. The predicted octanol–water partition coefficient (Wildman–Crippen LogP) is 3.73. The highest BCUT2D eigenvalue weighted by Crippen LogP contribution is 2.39. The van der Waals surface area contributed by atoms with Crippen molar-refractivity contribution in [1.29, 1.82) is 0 Å². The largest absolute Gasteiger partial charge is 0.339 e. The highest BCUT2D eigenvalue weighted by molar-refractivity contribution is 7.10. The van der Waals surface area contributed by atoms with Gasteiger partial charge in [0, 0.05) is 30.2 Å². The van der Waals surface area contributed by atoms with Crippen LogP contribution in [0.5, 0.6) is 0 Å². The summed E-state index contributed by atoms with van der Waals surface area (Å²) in [6.45, 7) is 3.24. The number of carbonyl (C=O) groups is 2. The third-order valence-corrected chi connectivity index (χ3v) is 7.64. The fourth-order valence-corrected chi connectivity index (χ4v) is 5.57. The van der Waals surface area contributed by atoms with E-state index < -0.39 is 0 Å². The Bertz CT molecular complexity index is 1060. The van der Waals surface area contributed by atoms with Crippen molar-refractivity contribution in [2.45, 2.75) is 32.1 Å². The van der Waals surface area contributed by atoms with Gasteiger partial charge in [-0.3, -0.25) is 9.59 Å². The zero-order chi connectivity index (χ0) is 22.0. The molecule has 0 aliphatic carbocycles. The average molecular weight is 449 g/mol. The first-order chi connectivity index (χ1) is 15.6. The minimum atomic E-state index is -0.333. The second-order valence-corrected chi connectivity index (χ2v) is 9.89. The number of rotatable bonds is 3. The molecule has 7 heteroatoms. The Morgan fingerprint density at radius 1 is 1.22 bits per heavy atom. The lowest BCUT2D eigenvalue weighted by Gasteiger charge is -2.39. The fourth-order valence-electron chi connectivity index (χ4n) is 4.87. The van der Waals surface area contributed by atoms with Gasteiger partial charge in [-0.1, -0.05) is 11.6 Å². The van der Waals surface area contributed by atoms with Crippen molar-refractivity contribution in [3.63, 3.8) is 0 Å². The number of aromatic nitrogens is 1. The number of thiophene rings is 1. The van der Waals surface area contributed by atoms with Crippen molar-refractivity contribution < 1.29 is 9.59 Å². The second kappa shape index (κ2) is 9.00. The fraction of sp³-hybridized carbons (Fsp3) is 0.400. The van der Waals surface area contributed by atoms with Gasteiger partial charge in [0.1, 0.15) is 5.82 Å². The highest BCUT2D eigenvalue weighted by atomic mass is 32.1. The van der Waals surface area contributed by atoms with Gasteiger partial charge in [0.25, 0.3) is 0 Å². The first-order valence-electron chi connectivity index (χ1n) is 11.3. The summed E-state index contributed by atoms with van der Waals surface area (Å²) in [6.07, 6.45) is 11.7. The van der Waals surface area contributed by atoms with Crippen LogP contribution < -0.4 is 10.6 Å². The number of amides is 2. The summed E-state index contributed by atoms with van der Waals surface area (Å²) < 4.78 is 0. The van der Waals surface area contributed by atoms with Gasteiger partial charge in [-0.25, -0.2) is 4.98 Å². The number of hydrogen-bond donors (Lipinski definition) is 2. The van der Waals surface area contributed by atoms with Crippen LogP contribution in [0, 0.1) is 5.41 Å². The maximum absolute atomic E-state index is 12.7. The summed E-state index contributed by atoms with van der Waals surface area (Å²) in [5.74, 6) is 0.791. The number of piperidine rings is 2. The number of nitrogens with zero attached hydrogens (tertiary/aromatic N) is 2. The van der Waals surface area contributed by atoms with E-state index >= 15 is 0 Å². The predicted molar refractivity (Wildman–Crippen MR) is 128 cm³/mol.